The van der Waals surface area contributed by atoms with Gasteiger partial charge in [-0.1, -0.05) is 172 Å². The Hall–Kier alpha value is -2.00. The molecule has 386 valence electrons. The first-order valence-electron chi connectivity index (χ1n) is 25.0. The van der Waals surface area contributed by atoms with Crippen LogP contribution in [-0.4, -0.2) is 95.0 Å². The SMILES string of the molecule is CCCCC/C=C\C/C=C\C/C=C\C/C=C\CCCCCC(=O)OCC(O)COP(=O)(O)OCC(O)COP(=O)(O)OCC(O)COC(=O)CCCCCCCCCCCCCCCCC. The number of phosphoric ester groups is 2. The molecular weight excluding hydrogens is 890 g/mol. The fraction of sp³-hybridized carbons (Fsp3) is 0.796. The van der Waals surface area contributed by atoms with Gasteiger partial charge < -0.3 is 34.6 Å². The van der Waals surface area contributed by atoms with Crippen LogP contribution in [0.5, 0.6) is 0 Å². The van der Waals surface area contributed by atoms with E-state index in [4.69, 9.17) is 9.47 Å². The number of aliphatic hydroxyl groups is 3. The van der Waals surface area contributed by atoms with Crippen LogP contribution in [0.4, 0.5) is 0 Å². The summed E-state index contributed by atoms with van der Waals surface area (Å²) in [7, 11) is -9.58. The molecule has 0 spiro atoms. The minimum Gasteiger partial charge on any atom is -0.463 e. The van der Waals surface area contributed by atoms with E-state index in [9.17, 15) is 43.8 Å². The van der Waals surface area contributed by atoms with Crippen molar-refractivity contribution in [3.8, 4) is 0 Å². The Balaban J connectivity index is 3.91. The molecule has 0 aliphatic carbocycles. The second-order valence-corrected chi connectivity index (χ2v) is 19.7. The van der Waals surface area contributed by atoms with Crippen molar-refractivity contribution < 1.29 is 71.4 Å². The number of unbranched alkanes of at least 4 members (excludes halogenated alkanes) is 20. The summed E-state index contributed by atoms with van der Waals surface area (Å²) in [6.07, 6.45) is 42.4. The molecule has 0 aromatic heterocycles. The van der Waals surface area contributed by atoms with Crippen molar-refractivity contribution in [2.24, 2.45) is 0 Å². The predicted molar refractivity (Wildman–Crippen MR) is 261 cm³/mol. The average Bonchev–Trinajstić information content (AvgIpc) is 3.29. The first kappa shape index (κ1) is 64.0. The van der Waals surface area contributed by atoms with Gasteiger partial charge in [-0.3, -0.25) is 27.7 Å². The normalized spacial score (nSPS) is 15.4. The lowest BCUT2D eigenvalue weighted by Crippen LogP contribution is -2.25. The van der Waals surface area contributed by atoms with Crippen LogP contribution in [0, 0.1) is 0 Å². The number of hydrogen-bond acceptors (Lipinski definition) is 13. The van der Waals surface area contributed by atoms with Gasteiger partial charge in [-0.15, -0.1) is 0 Å². The molecule has 17 heteroatoms. The van der Waals surface area contributed by atoms with Crippen LogP contribution in [0.25, 0.3) is 0 Å². The van der Waals surface area contributed by atoms with E-state index in [1.54, 1.807) is 0 Å². The van der Waals surface area contributed by atoms with Gasteiger partial charge in [0, 0.05) is 12.8 Å². The monoisotopic (exact) mass is 981 g/mol. The van der Waals surface area contributed by atoms with Crippen LogP contribution >= 0.6 is 15.6 Å². The number of carbonyl (C=O) groups excluding carboxylic acids is 2. The highest BCUT2D eigenvalue weighted by Gasteiger charge is 2.28. The third kappa shape index (κ3) is 47.1. The summed E-state index contributed by atoms with van der Waals surface area (Å²) in [6, 6.07) is 0. The van der Waals surface area contributed by atoms with Crippen molar-refractivity contribution in [3.05, 3.63) is 48.6 Å². The summed E-state index contributed by atoms with van der Waals surface area (Å²) >= 11 is 0. The molecule has 0 saturated carbocycles. The van der Waals surface area contributed by atoms with E-state index in [1.807, 2.05) is 0 Å². The summed E-state index contributed by atoms with van der Waals surface area (Å²) in [4.78, 5) is 43.8. The Bertz CT molecular complexity index is 1370. The lowest BCUT2D eigenvalue weighted by Gasteiger charge is -2.19. The molecule has 5 atom stereocenters. The molecule has 5 unspecified atom stereocenters. The number of esters is 2. The van der Waals surface area contributed by atoms with Crippen molar-refractivity contribution in [2.75, 3.05) is 39.6 Å². The zero-order valence-electron chi connectivity index (χ0n) is 40.6. The number of phosphoric acid groups is 2. The molecule has 0 saturated heterocycles. The summed E-state index contributed by atoms with van der Waals surface area (Å²) in [5.41, 5.74) is 0. The molecule has 0 aliphatic rings. The second kappa shape index (κ2) is 45.4. The Morgan fingerprint density at radius 2 is 0.652 bits per heavy atom. The Morgan fingerprint density at radius 1 is 0.394 bits per heavy atom. The van der Waals surface area contributed by atoms with E-state index in [-0.39, 0.29) is 12.8 Å². The maximum Gasteiger partial charge on any atom is 0.472 e. The standard InChI is InChI=1S/C49H90O15P2/c1-3-5-7-9-11-13-15-17-19-20-21-22-24-26-28-30-32-34-36-38-49(54)60-40-46(51)42-62-66(57,58)64-44-47(52)43-63-65(55,56)61-41-45(50)39-59-48(53)37-35-33-31-29-27-25-23-18-16-14-12-10-8-6-4-2/h11,13,17,19,21-22,26,28,45-47,50-52H,3-10,12,14-16,18,20,23-25,27,29-44H2,1-2H3,(H,55,56)(H,57,58)/b13-11-,19-17-,22-21-,28-26-. The second-order valence-electron chi connectivity index (χ2n) is 16.8. The third-order valence-corrected chi connectivity index (χ3v) is 12.2. The fourth-order valence-electron chi connectivity index (χ4n) is 6.37. The van der Waals surface area contributed by atoms with Crippen LogP contribution in [-0.2, 0) is 46.3 Å². The first-order valence-corrected chi connectivity index (χ1v) is 28.0. The number of rotatable bonds is 48. The lowest BCUT2D eigenvalue weighted by atomic mass is 10.0. The zero-order valence-corrected chi connectivity index (χ0v) is 42.4. The van der Waals surface area contributed by atoms with Crippen LogP contribution in [0.3, 0.4) is 0 Å². The van der Waals surface area contributed by atoms with Gasteiger partial charge in [0.15, 0.2) is 0 Å². The molecule has 15 nitrogen and oxygen atoms in total. The van der Waals surface area contributed by atoms with Gasteiger partial charge in [0.1, 0.15) is 31.5 Å². The number of carbonyl (C=O) groups is 2. The maximum absolute atomic E-state index is 12.2. The van der Waals surface area contributed by atoms with Gasteiger partial charge in [-0.2, -0.15) is 0 Å². The molecule has 0 amide bonds. The Morgan fingerprint density at radius 3 is 1.00 bits per heavy atom. The van der Waals surface area contributed by atoms with Gasteiger partial charge in [-0.25, -0.2) is 9.13 Å². The number of aliphatic hydroxyl groups excluding tert-OH is 3. The Kier molecular flexibility index (Phi) is 44.1. The predicted octanol–water partition coefficient (Wildman–Crippen LogP) is 11.6. The average molecular weight is 981 g/mol. The third-order valence-electron chi connectivity index (χ3n) is 10.3. The largest absolute Gasteiger partial charge is 0.472 e. The summed E-state index contributed by atoms with van der Waals surface area (Å²) in [6.45, 7) is 0.369. The van der Waals surface area contributed by atoms with E-state index in [0.29, 0.717) is 12.8 Å². The number of ether oxygens (including phenoxy) is 2. The minimum atomic E-state index is -4.79. The first-order chi connectivity index (χ1) is 31.8. The molecule has 0 radical (unpaired) electrons. The fourth-order valence-corrected chi connectivity index (χ4v) is 7.96. The topological polar surface area (TPSA) is 225 Å². The Labute approximate surface area is 398 Å². The maximum atomic E-state index is 12.2. The minimum absolute atomic E-state index is 0.158. The molecule has 0 heterocycles. The quantitative estimate of drug-likeness (QED) is 0.0165. The van der Waals surface area contributed by atoms with E-state index >= 15 is 0 Å². The van der Waals surface area contributed by atoms with Gasteiger partial charge >= 0.3 is 27.6 Å². The summed E-state index contributed by atoms with van der Waals surface area (Å²) in [5, 5.41) is 30.0. The van der Waals surface area contributed by atoms with Gasteiger partial charge in [0.05, 0.1) is 26.4 Å². The lowest BCUT2D eigenvalue weighted by molar-refractivity contribution is -0.148. The van der Waals surface area contributed by atoms with Crippen molar-refractivity contribution in [3.63, 3.8) is 0 Å². The van der Waals surface area contributed by atoms with Crippen molar-refractivity contribution in [2.45, 2.75) is 212 Å². The summed E-state index contributed by atoms with van der Waals surface area (Å²) < 4.78 is 53.0. The summed E-state index contributed by atoms with van der Waals surface area (Å²) in [5.74, 6) is -1.02. The van der Waals surface area contributed by atoms with E-state index in [1.165, 1.54) is 89.9 Å². The van der Waals surface area contributed by atoms with Crippen LogP contribution in [0.2, 0.25) is 0 Å². The molecule has 0 aromatic rings. The molecule has 0 aliphatic heterocycles. The molecule has 0 fully saturated rings. The smallest absolute Gasteiger partial charge is 0.463 e. The highest BCUT2D eigenvalue weighted by atomic mass is 31.2. The highest BCUT2D eigenvalue weighted by molar-refractivity contribution is 7.47. The van der Waals surface area contributed by atoms with Gasteiger partial charge in [0.25, 0.3) is 0 Å². The molecule has 0 rings (SSSR count). The van der Waals surface area contributed by atoms with Crippen molar-refractivity contribution >= 4 is 27.6 Å². The van der Waals surface area contributed by atoms with E-state index < -0.39 is 85.5 Å². The zero-order chi connectivity index (χ0) is 48.8. The number of allylic oxidation sites excluding steroid dienone is 8. The van der Waals surface area contributed by atoms with E-state index in [2.05, 4.69) is 80.6 Å². The van der Waals surface area contributed by atoms with Crippen molar-refractivity contribution in [1.82, 2.24) is 0 Å². The molecule has 66 heavy (non-hydrogen) atoms. The van der Waals surface area contributed by atoms with Crippen LogP contribution < -0.4 is 0 Å². The van der Waals surface area contributed by atoms with Gasteiger partial charge in [-0.05, 0) is 57.8 Å². The number of hydrogen-bond donors (Lipinski definition) is 5. The highest BCUT2D eigenvalue weighted by Crippen LogP contribution is 2.45. The van der Waals surface area contributed by atoms with E-state index in [0.717, 1.165) is 64.2 Å². The molecule has 5 N–H and O–H groups in total. The van der Waals surface area contributed by atoms with Crippen molar-refractivity contribution in [1.29, 1.82) is 0 Å². The molecule has 0 bridgehead atoms. The molecule has 0 aromatic carbocycles. The van der Waals surface area contributed by atoms with Gasteiger partial charge in [0.2, 0.25) is 0 Å². The van der Waals surface area contributed by atoms with Crippen LogP contribution in [0.1, 0.15) is 194 Å². The van der Waals surface area contributed by atoms with Crippen LogP contribution in [0.15, 0.2) is 48.6 Å². The molecular formula is C49H90O15P2.